The molecule has 1 atom stereocenters. The summed E-state index contributed by atoms with van der Waals surface area (Å²) in [7, 11) is 4.49. The molecular weight excluding hydrogens is 436 g/mol. The summed E-state index contributed by atoms with van der Waals surface area (Å²) in [6.45, 7) is 0.113. The summed E-state index contributed by atoms with van der Waals surface area (Å²) >= 11 is 0. The molecule has 1 unspecified atom stereocenters. The number of Topliss-reactive ketones (excluding diaryl/α,β-unsaturated/α-hetero) is 1. The van der Waals surface area contributed by atoms with Crippen LogP contribution in [0.5, 0.6) is 17.2 Å². The lowest BCUT2D eigenvalue weighted by Gasteiger charge is -2.28. The maximum absolute atomic E-state index is 13.6. The molecule has 3 aromatic rings. The van der Waals surface area contributed by atoms with Crippen molar-refractivity contribution in [2.45, 2.75) is 12.6 Å². The number of hydrogen-bond donors (Lipinski definition) is 0. The largest absolute Gasteiger partial charge is 0.872 e. The van der Waals surface area contributed by atoms with Crippen LogP contribution < -0.4 is 24.3 Å². The molecule has 0 aliphatic carbocycles. The summed E-state index contributed by atoms with van der Waals surface area (Å²) in [6, 6.07) is 14.2. The van der Waals surface area contributed by atoms with Crippen LogP contribution in [0.4, 0.5) is 0 Å². The maximum atomic E-state index is 13.6. The van der Waals surface area contributed by atoms with Crippen LogP contribution in [0, 0.1) is 0 Å². The molecule has 0 saturated carbocycles. The minimum atomic E-state index is -0.969. The predicted octanol–water partition coefficient (Wildman–Crippen LogP) is 1.95. The topological polar surface area (TPSA) is 102 Å². The third kappa shape index (κ3) is 4.17. The molecule has 34 heavy (non-hydrogen) atoms. The van der Waals surface area contributed by atoms with Gasteiger partial charge in [-0.1, -0.05) is 17.9 Å². The third-order valence-corrected chi connectivity index (χ3v) is 5.72. The highest BCUT2D eigenvalue weighted by Crippen LogP contribution is 2.44. The van der Waals surface area contributed by atoms with Gasteiger partial charge in [-0.3, -0.25) is 9.59 Å². The van der Waals surface area contributed by atoms with Crippen molar-refractivity contribution in [3.05, 3.63) is 89.3 Å². The number of carbonyl (C=O) groups is 2. The van der Waals surface area contributed by atoms with Crippen molar-refractivity contribution in [3.8, 4) is 17.2 Å². The van der Waals surface area contributed by atoms with Crippen LogP contribution in [0.3, 0.4) is 0 Å². The summed E-state index contributed by atoms with van der Waals surface area (Å²) < 4.78 is 16.1. The molecule has 4 rings (SSSR count). The van der Waals surface area contributed by atoms with Gasteiger partial charge >= 0.3 is 0 Å². The Bertz CT molecular complexity index is 1260. The number of nitrogens with zero attached hydrogens (tertiary/aromatic N) is 1. The number of methoxy groups -OCH3 is 3. The van der Waals surface area contributed by atoms with Crippen molar-refractivity contribution >= 4 is 17.4 Å². The van der Waals surface area contributed by atoms with Gasteiger partial charge in [0.2, 0.25) is 5.78 Å². The molecule has 1 amide bonds. The van der Waals surface area contributed by atoms with E-state index in [1.165, 1.54) is 26.2 Å². The molecule has 174 valence electrons. The zero-order valence-corrected chi connectivity index (χ0v) is 19.0. The van der Waals surface area contributed by atoms with Gasteiger partial charge in [-0.05, 0) is 42.0 Å². The first-order valence-corrected chi connectivity index (χ1v) is 10.6. The van der Waals surface area contributed by atoms with Crippen LogP contribution in [0.25, 0.3) is 5.76 Å². The molecule has 1 aliphatic rings. The van der Waals surface area contributed by atoms with E-state index in [2.05, 4.69) is 4.98 Å². The second-order valence-corrected chi connectivity index (χ2v) is 7.66. The third-order valence-electron chi connectivity index (χ3n) is 5.72. The molecule has 1 N–H and O–H groups in total. The average molecular weight is 460 g/mol. The number of carbonyl (C=O) groups excluding carboxylic acids is 2. The van der Waals surface area contributed by atoms with Crippen LogP contribution in [0.15, 0.2) is 72.6 Å². The number of aromatic amines is 1. The lowest BCUT2D eigenvalue weighted by atomic mass is 9.94. The number of likely N-dealkylation sites (tertiary alicyclic amines) is 1. The van der Waals surface area contributed by atoms with Crippen molar-refractivity contribution in [3.63, 3.8) is 0 Å². The van der Waals surface area contributed by atoms with Gasteiger partial charge in [-0.2, -0.15) is 0 Å². The van der Waals surface area contributed by atoms with Gasteiger partial charge in [-0.25, -0.2) is 4.98 Å². The number of nitrogens with one attached hydrogen (secondary N) is 1. The summed E-state index contributed by atoms with van der Waals surface area (Å²) in [5.41, 5.74) is 1.35. The zero-order valence-electron chi connectivity index (χ0n) is 19.0. The van der Waals surface area contributed by atoms with Crippen LogP contribution in [0.1, 0.15) is 22.7 Å². The van der Waals surface area contributed by atoms with Crippen LogP contribution in [-0.4, -0.2) is 37.9 Å². The predicted molar refractivity (Wildman–Crippen MR) is 121 cm³/mol. The van der Waals surface area contributed by atoms with Gasteiger partial charge < -0.3 is 24.2 Å². The van der Waals surface area contributed by atoms with Gasteiger partial charge in [-0.15, -0.1) is 0 Å². The minimum Gasteiger partial charge on any atom is -0.872 e. The average Bonchev–Trinajstić information content (AvgIpc) is 3.13. The molecule has 1 aromatic heterocycles. The molecule has 8 heteroatoms. The fourth-order valence-electron chi connectivity index (χ4n) is 4.06. The lowest BCUT2D eigenvalue weighted by Crippen LogP contribution is -2.30. The number of ketones is 1. The Kier molecular flexibility index (Phi) is 6.49. The fraction of sp³-hybridized carbons (Fsp3) is 0.192. The molecule has 1 fully saturated rings. The Morgan fingerprint density at radius 3 is 2.41 bits per heavy atom. The Hall–Kier alpha value is -4.33. The van der Waals surface area contributed by atoms with E-state index in [0.717, 1.165) is 5.56 Å². The monoisotopic (exact) mass is 460 g/mol. The highest BCUT2D eigenvalue weighted by molar-refractivity contribution is 6.46. The number of amides is 1. The molecule has 0 bridgehead atoms. The molecule has 0 spiro atoms. The second kappa shape index (κ2) is 9.66. The number of pyridine rings is 1. The molecule has 2 aromatic carbocycles. The Morgan fingerprint density at radius 2 is 1.74 bits per heavy atom. The van der Waals surface area contributed by atoms with E-state index in [1.54, 1.807) is 60.9 Å². The first-order chi connectivity index (χ1) is 16.5. The molecular formula is C26H24N2O6. The smallest absolute Gasteiger partial charge is 0.295 e. The van der Waals surface area contributed by atoms with Crippen LogP contribution in [-0.2, 0) is 16.1 Å². The number of ether oxygens (including phenoxy) is 3. The molecule has 1 saturated heterocycles. The van der Waals surface area contributed by atoms with Crippen molar-refractivity contribution < 1.29 is 33.9 Å². The molecule has 0 radical (unpaired) electrons. The van der Waals surface area contributed by atoms with E-state index in [-0.39, 0.29) is 17.7 Å². The standard InChI is InChI=1S/C26H24N2O6/c1-32-18-8-4-7-17(12-18)24(29)22-23(20-13-19(33-2)9-10-21(20)34-3)28(26(31)25(22)30)15-16-6-5-11-27-14-16/h4-14,23,29H,15H2,1-3H3. The Labute approximate surface area is 197 Å². The van der Waals surface area contributed by atoms with Crippen LogP contribution in [0.2, 0.25) is 0 Å². The summed E-state index contributed by atoms with van der Waals surface area (Å²) in [5.74, 6) is -0.755. The number of aromatic nitrogens is 1. The lowest BCUT2D eigenvalue weighted by molar-refractivity contribution is -0.378. The van der Waals surface area contributed by atoms with Crippen molar-refractivity contribution in [1.29, 1.82) is 0 Å². The van der Waals surface area contributed by atoms with Crippen molar-refractivity contribution in [2.24, 2.45) is 0 Å². The van der Waals surface area contributed by atoms with Gasteiger partial charge in [0.15, 0.2) is 12.4 Å². The number of hydrogen-bond acceptors (Lipinski definition) is 6. The van der Waals surface area contributed by atoms with Gasteiger partial charge in [0.05, 0.1) is 33.9 Å². The van der Waals surface area contributed by atoms with E-state index >= 15 is 0 Å². The van der Waals surface area contributed by atoms with E-state index in [9.17, 15) is 14.7 Å². The summed E-state index contributed by atoms with van der Waals surface area (Å²) in [5, 5.41) is 13.6. The quantitative estimate of drug-likeness (QED) is 0.303. The SMILES string of the molecule is COc1cccc(C([O-])=C2C(=O)C(=O)N(Cc3ccc[nH+]c3)C2c2cc(OC)ccc2OC)c1. The van der Waals surface area contributed by atoms with E-state index in [1.807, 2.05) is 6.07 Å². The number of benzene rings is 2. The number of rotatable bonds is 7. The second-order valence-electron chi connectivity index (χ2n) is 7.66. The Morgan fingerprint density at radius 1 is 0.971 bits per heavy atom. The van der Waals surface area contributed by atoms with E-state index in [0.29, 0.717) is 22.8 Å². The molecule has 1 aliphatic heterocycles. The molecule has 8 nitrogen and oxygen atoms in total. The van der Waals surface area contributed by atoms with Crippen LogP contribution >= 0.6 is 0 Å². The Balaban J connectivity index is 1.94. The maximum Gasteiger partial charge on any atom is 0.295 e. The van der Waals surface area contributed by atoms with Crippen molar-refractivity contribution in [2.75, 3.05) is 21.3 Å². The summed E-state index contributed by atoms with van der Waals surface area (Å²) in [6.07, 6.45) is 3.48. The first kappa shape index (κ1) is 22.8. The summed E-state index contributed by atoms with van der Waals surface area (Å²) in [4.78, 5) is 30.8. The van der Waals surface area contributed by atoms with Gasteiger partial charge in [0.1, 0.15) is 17.2 Å². The highest BCUT2D eigenvalue weighted by Gasteiger charge is 2.45. The number of H-pyrrole nitrogens is 1. The van der Waals surface area contributed by atoms with Gasteiger partial charge in [0, 0.05) is 22.8 Å². The zero-order chi connectivity index (χ0) is 24.2. The van der Waals surface area contributed by atoms with Gasteiger partial charge in [0.25, 0.3) is 5.91 Å². The minimum absolute atomic E-state index is 0.113. The highest BCUT2D eigenvalue weighted by atomic mass is 16.5. The van der Waals surface area contributed by atoms with E-state index in [4.69, 9.17) is 14.2 Å². The fourth-order valence-corrected chi connectivity index (χ4v) is 4.06. The van der Waals surface area contributed by atoms with E-state index < -0.39 is 23.5 Å². The molecule has 2 heterocycles. The normalized spacial score (nSPS) is 17.0. The first-order valence-electron chi connectivity index (χ1n) is 10.6. The van der Waals surface area contributed by atoms with Crippen molar-refractivity contribution in [1.82, 2.24) is 4.90 Å².